The van der Waals surface area contributed by atoms with Gasteiger partial charge in [0.2, 0.25) is 0 Å². The number of methoxy groups -OCH3 is 1. The molecule has 1 aromatic heterocycles. The van der Waals surface area contributed by atoms with Crippen LogP contribution in [0.1, 0.15) is 23.2 Å². The molecule has 9 heteroatoms. The van der Waals surface area contributed by atoms with Crippen molar-refractivity contribution < 1.29 is 14.3 Å². The molecule has 0 aliphatic carbocycles. The molecule has 1 aliphatic heterocycles. The predicted octanol–water partition coefficient (Wildman–Crippen LogP) is 2.88. The van der Waals surface area contributed by atoms with Crippen molar-refractivity contribution >= 4 is 48.1 Å². The van der Waals surface area contributed by atoms with E-state index in [2.05, 4.69) is 20.9 Å². The molecule has 2 amide bonds. The molecule has 1 aliphatic rings. The third kappa shape index (κ3) is 5.65. The Hall–Kier alpha value is -2.19. The molecule has 28 heavy (non-hydrogen) atoms. The van der Waals surface area contributed by atoms with Crippen LogP contribution in [-0.4, -0.2) is 42.6 Å². The number of pyridine rings is 1. The Balaban J connectivity index is 0.00000196. The smallest absolute Gasteiger partial charge is 0.256 e. The SMILES string of the molecule is COC1(C(=O)Nc2ccc(NC(=O)c3ccccc3)nc2)CCNCC1.Cl.Cl. The second-order valence-corrected chi connectivity index (χ2v) is 6.15. The van der Waals surface area contributed by atoms with Crippen LogP contribution in [-0.2, 0) is 9.53 Å². The number of carbonyl (C=O) groups is 2. The molecule has 2 heterocycles. The monoisotopic (exact) mass is 426 g/mol. The fourth-order valence-corrected chi connectivity index (χ4v) is 2.92. The van der Waals surface area contributed by atoms with Gasteiger partial charge >= 0.3 is 0 Å². The van der Waals surface area contributed by atoms with E-state index in [1.165, 1.54) is 6.20 Å². The molecule has 0 atom stereocenters. The number of amides is 2. The minimum Gasteiger partial charge on any atom is -0.368 e. The highest BCUT2D eigenvalue weighted by molar-refractivity contribution is 6.03. The molecule has 0 radical (unpaired) electrons. The molecule has 3 N–H and O–H groups in total. The first-order valence-corrected chi connectivity index (χ1v) is 8.53. The fraction of sp³-hybridized carbons (Fsp3) is 0.316. The highest BCUT2D eigenvalue weighted by Crippen LogP contribution is 2.24. The lowest BCUT2D eigenvalue weighted by Crippen LogP contribution is -2.51. The van der Waals surface area contributed by atoms with Crippen LogP contribution >= 0.6 is 24.8 Å². The fourth-order valence-electron chi connectivity index (χ4n) is 2.92. The zero-order valence-corrected chi connectivity index (χ0v) is 17.1. The number of hydrogen-bond acceptors (Lipinski definition) is 5. The van der Waals surface area contributed by atoms with E-state index in [1.54, 1.807) is 43.5 Å². The number of carbonyl (C=O) groups excluding carboxylic acids is 2. The van der Waals surface area contributed by atoms with Gasteiger partial charge in [-0.1, -0.05) is 18.2 Å². The molecule has 1 fully saturated rings. The first-order chi connectivity index (χ1) is 12.6. The normalized spacial score (nSPS) is 14.8. The maximum atomic E-state index is 12.6. The second-order valence-electron chi connectivity index (χ2n) is 6.15. The van der Waals surface area contributed by atoms with Gasteiger partial charge in [0.1, 0.15) is 11.4 Å². The van der Waals surface area contributed by atoms with E-state index in [0.717, 1.165) is 13.1 Å². The maximum absolute atomic E-state index is 12.6. The van der Waals surface area contributed by atoms with Crippen molar-refractivity contribution in [1.29, 1.82) is 0 Å². The summed E-state index contributed by atoms with van der Waals surface area (Å²) in [4.78, 5) is 28.9. The lowest BCUT2D eigenvalue weighted by atomic mass is 9.91. The third-order valence-corrected chi connectivity index (χ3v) is 4.51. The highest BCUT2D eigenvalue weighted by Gasteiger charge is 2.39. The van der Waals surface area contributed by atoms with E-state index in [-0.39, 0.29) is 36.6 Å². The van der Waals surface area contributed by atoms with Crippen LogP contribution in [0.15, 0.2) is 48.7 Å². The van der Waals surface area contributed by atoms with Gasteiger partial charge < -0.3 is 20.7 Å². The molecule has 1 aromatic carbocycles. The molecule has 0 bridgehead atoms. The summed E-state index contributed by atoms with van der Waals surface area (Å²) in [6, 6.07) is 12.3. The molecule has 152 valence electrons. The number of nitrogens with one attached hydrogen (secondary N) is 3. The van der Waals surface area contributed by atoms with E-state index in [1.807, 2.05) is 6.07 Å². The molecule has 3 rings (SSSR count). The van der Waals surface area contributed by atoms with E-state index in [4.69, 9.17) is 4.74 Å². The quantitative estimate of drug-likeness (QED) is 0.683. The minimum absolute atomic E-state index is 0. The van der Waals surface area contributed by atoms with E-state index in [0.29, 0.717) is 29.9 Å². The number of rotatable bonds is 5. The number of piperidine rings is 1. The van der Waals surface area contributed by atoms with Crippen LogP contribution < -0.4 is 16.0 Å². The van der Waals surface area contributed by atoms with Gasteiger partial charge in [-0.3, -0.25) is 9.59 Å². The molecule has 0 saturated carbocycles. The van der Waals surface area contributed by atoms with Crippen molar-refractivity contribution in [2.45, 2.75) is 18.4 Å². The molecular formula is C19H24Cl2N4O3. The van der Waals surface area contributed by atoms with Crippen molar-refractivity contribution in [3.8, 4) is 0 Å². The minimum atomic E-state index is -0.814. The summed E-state index contributed by atoms with van der Waals surface area (Å²) >= 11 is 0. The van der Waals surface area contributed by atoms with Gasteiger partial charge in [-0.2, -0.15) is 0 Å². The van der Waals surface area contributed by atoms with Gasteiger partial charge in [0.15, 0.2) is 0 Å². The first kappa shape index (κ1) is 23.8. The average molecular weight is 427 g/mol. The van der Waals surface area contributed by atoms with Crippen LogP contribution in [0.4, 0.5) is 11.5 Å². The Labute approximate surface area is 176 Å². The van der Waals surface area contributed by atoms with Gasteiger partial charge in [-0.25, -0.2) is 4.98 Å². The molecule has 1 saturated heterocycles. The Bertz CT molecular complexity index is 767. The molecule has 7 nitrogen and oxygen atoms in total. The largest absolute Gasteiger partial charge is 0.368 e. The van der Waals surface area contributed by atoms with Gasteiger partial charge in [0, 0.05) is 12.7 Å². The number of ether oxygens (including phenoxy) is 1. The number of benzene rings is 1. The Kier molecular flexibility index (Phi) is 9.34. The van der Waals surface area contributed by atoms with Gasteiger partial charge in [0.25, 0.3) is 11.8 Å². The Morgan fingerprint density at radius 3 is 2.29 bits per heavy atom. The summed E-state index contributed by atoms with van der Waals surface area (Å²) in [5.41, 5.74) is 0.299. The van der Waals surface area contributed by atoms with E-state index in [9.17, 15) is 9.59 Å². The maximum Gasteiger partial charge on any atom is 0.256 e. The third-order valence-electron chi connectivity index (χ3n) is 4.51. The van der Waals surface area contributed by atoms with Crippen molar-refractivity contribution in [3.63, 3.8) is 0 Å². The van der Waals surface area contributed by atoms with Crippen LogP contribution in [0.5, 0.6) is 0 Å². The standard InChI is InChI=1S/C19H22N4O3.2ClH/c1-26-19(9-11-20-12-10-19)18(25)22-15-7-8-16(21-13-15)23-17(24)14-5-3-2-4-6-14;;/h2-8,13,20H,9-12H2,1H3,(H,22,25)(H,21,23,24);2*1H. The van der Waals surface area contributed by atoms with Crippen molar-refractivity contribution in [2.75, 3.05) is 30.8 Å². The molecule has 2 aromatic rings. The summed E-state index contributed by atoms with van der Waals surface area (Å²) in [5.74, 6) is 0.00692. The van der Waals surface area contributed by atoms with Crippen LogP contribution in [0.2, 0.25) is 0 Å². The second kappa shape index (κ2) is 11.0. The number of halogens is 2. The molecule has 0 spiro atoms. The molecular weight excluding hydrogens is 403 g/mol. The number of anilines is 2. The van der Waals surface area contributed by atoms with Gasteiger partial charge in [-0.05, 0) is 50.2 Å². The van der Waals surface area contributed by atoms with Gasteiger partial charge in [-0.15, -0.1) is 24.8 Å². The van der Waals surface area contributed by atoms with Gasteiger partial charge in [0.05, 0.1) is 11.9 Å². The summed E-state index contributed by atoms with van der Waals surface area (Å²) in [7, 11) is 1.56. The first-order valence-electron chi connectivity index (χ1n) is 8.53. The van der Waals surface area contributed by atoms with Crippen LogP contribution in [0, 0.1) is 0 Å². The predicted molar refractivity (Wildman–Crippen MR) is 114 cm³/mol. The summed E-state index contributed by atoms with van der Waals surface area (Å²) in [6.07, 6.45) is 2.75. The van der Waals surface area contributed by atoms with Crippen molar-refractivity contribution in [3.05, 3.63) is 54.2 Å². The Morgan fingerprint density at radius 2 is 1.71 bits per heavy atom. The van der Waals surface area contributed by atoms with Crippen molar-refractivity contribution in [2.24, 2.45) is 0 Å². The average Bonchev–Trinajstić information content (AvgIpc) is 2.70. The summed E-state index contributed by atoms with van der Waals surface area (Å²) in [6.45, 7) is 1.48. The lowest BCUT2D eigenvalue weighted by Gasteiger charge is -2.34. The summed E-state index contributed by atoms with van der Waals surface area (Å²) in [5, 5.41) is 8.79. The number of hydrogen-bond donors (Lipinski definition) is 3. The van der Waals surface area contributed by atoms with Crippen LogP contribution in [0.25, 0.3) is 0 Å². The Morgan fingerprint density at radius 1 is 1.04 bits per heavy atom. The van der Waals surface area contributed by atoms with Crippen molar-refractivity contribution in [1.82, 2.24) is 10.3 Å². The zero-order chi connectivity index (χ0) is 18.4. The summed E-state index contributed by atoms with van der Waals surface area (Å²) < 4.78 is 5.51. The number of aromatic nitrogens is 1. The van der Waals surface area contributed by atoms with E-state index >= 15 is 0 Å². The van der Waals surface area contributed by atoms with Crippen LogP contribution in [0.3, 0.4) is 0 Å². The highest BCUT2D eigenvalue weighted by atomic mass is 35.5. The lowest BCUT2D eigenvalue weighted by molar-refractivity contribution is -0.140. The topological polar surface area (TPSA) is 92.4 Å². The number of nitrogens with zero attached hydrogens (tertiary/aromatic N) is 1. The molecule has 0 unspecified atom stereocenters. The van der Waals surface area contributed by atoms with E-state index < -0.39 is 5.60 Å². The zero-order valence-electron chi connectivity index (χ0n) is 15.4.